The second kappa shape index (κ2) is 8.33. The zero-order chi connectivity index (χ0) is 23.2. The quantitative estimate of drug-likeness (QED) is 0.409. The van der Waals surface area contributed by atoms with Crippen molar-refractivity contribution in [2.75, 3.05) is 18.1 Å². The molecule has 0 aliphatic carbocycles. The molecule has 3 aromatic rings. The third-order valence-corrected chi connectivity index (χ3v) is 7.87. The summed E-state index contributed by atoms with van der Waals surface area (Å²) in [5.74, 6) is -0.751. The Bertz CT molecular complexity index is 1360. The zero-order valence-corrected chi connectivity index (χ0v) is 19.6. The number of aromatic nitrogens is 2. The highest BCUT2D eigenvalue weighted by molar-refractivity contribution is 7.91. The molecule has 0 N–H and O–H groups in total. The molecule has 0 bridgehead atoms. The monoisotopic (exact) mass is 474 g/mol. The van der Waals surface area contributed by atoms with Crippen LogP contribution in [0.3, 0.4) is 0 Å². The van der Waals surface area contributed by atoms with Gasteiger partial charge in [-0.2, -0.15) is 0 Å². The highest BCUT2D eigenvalue weighted by Crippen LogP contribution is 2.29. The van der Waals surface area contributed by atoms with E-state index in [2.05, 4.69) is 4.98 Å². The fourth-order valence-electron chi connectivity index (χ4n) is 4.34. The van der Waals surface area contributed by atoms with Gasteiger partial charge in [0, 0.05) is 33.4 Å². The minimum Gasteiger partial charge on any atom is -0.454 e. The molecule has 0 amide bonds. The Morgan fingerprint density at radius 3 is 2.59 bits per heavy atom. The number of fused-ring (bicyclic) bond motifs is 1. The van der Waals surface area contributed by atoms with Crippen LogP contribution in [0.4, 0.5) is 0 Å². The van der Waals surface area contributed by atoms with Gasteiger partial charge in [-0.15, -0.1) is 0 Å². The number of ether oxygens (including phenoxy) is 1. The van der Waals surface area contributed by atoms with Crippen LogP contribution >= 0.6 is 11.6 Å². The van der Waals surface area contributed by atoms with Crippen LogP contribution in [0.5, 0.6) is 0 Å². The van der Waals surface area contributed by atoms with E-state index in [1.54, 1.807) is 44.2 Å². The molecular weight excluding hydrogens is 452 g/mol. The van der Waals surface area contributed by atoms with Gasteiger partial charge in [-0.05, 0) is 57.5 Å². The molecule has 9 heteroatoms. The van der Waals surface area contributed by atoms with E-state index in [0.29, 0.717) is 39.3 Å². The normalized spacial score (nSPS) is 17.6. The number of esters is 1. The fourth-order valence-corrected chi connectivity index (χ4v) is 6.22. The molecule has 1 saturated heterocycles. The lowest BCUT2D eigenvalue weighted by atomic mass is 10.1. The molecule has 1 aliphatic heterocycles. The van der Waals surface area contributed by atoms with E-state index in [-0.39, 0.29) is 28.9 Å². The highest BCUT2D eigenvalue weighted by Gasteiger charge is 2.31. The predicted octanol–water partition coefficient (Wildman–Crippen LogP) is 4.01. The first-order valence-corrected chi connectivity index (χ1v) is 12.4. The molecule has 2 aromatic heterocycles. The molecule has 0 spiro atoms. The van der Waals surface area contributed by atoms with Crippen molar-refractivity contribution in [1.82, 2.24) is 9.55 Å². The molecule has 1 unspecified atom stereocenters. The van der Waals surface area contributed by atoms with E-state index in [1.807, 2.05) is 11.5 Å². The molecule has 1 aliphatic rings. The van der Waals surface area contributed by atoms with Crippen LogP contribution in [-0.2, 0) is 14.6 Å². The van der Waals surface area contributed by atoms with Gasteiger partial charge in [0.1, 0.15) is 0 Å². The van der Waals surface area contributed by atoms with E-state index in [9.17, 15) is 18.0 Å². The summed E-state index contributed by atoms with van der Waals surface area (Å²) < 4.78 is 30.9. The van der Waals surface area contributed by atoms with Crippen LogP contribution in [-0.4, -0.2) is 47.8 Å². The van der Waals surface area contributed by atoms with Crippen LogP contribution in [0, 0.1) is 20.8 Å². The Balaban J connectivity index is 1.51. The number of aryl methyl sites for hydroxylation is 2. The van der Waals surface area contributed by atoms with E-state index >= 15 is 0 Å². The van der Waals surface area contributed by atoms with Crippen molar-refractivity contribution in [3.05, 3.63) is 63.6 Å². The largest absolute Gasteiger partial charge is 0.454 e. The van der Waals surface area contributed by atoms with Gasteiger partial charge in [0.15, 0.2) is 16.4 Å². The highest BCUT2D eigenvalue weighted by atomic mass is 35.5. The SMILES string of the molecule is Cc1nc2ccc(Cl)cc2cc1C(=O)OCC(=O)c1cc(C)n(C2CCS(=O)(=O)C2)c1C. The van der Waals surface area contributed by atoms with Crippen LogP contribution in [0.15, 0.2) is 30.3 Å². The molecule has 3 heterocycles. The predicted molar refractivity (Wildman–Crippen MR) is 122 cm³/mol. The van der Waals surface area contributed by atoms with Crippen LogP contribution < -0.4 is 0 Å². The number of hydrogen-bond donors (Lipinski definition) is 0. The lowest BCUT2D eigenvalue weighted by Crippen LogP contribution is -2.17. The summed E-state index contributed by atoms with van der Waals surface area (Å²) in [5, 5.41) is 1.24. The number of carbonyl (C=O) groups is 2. The maximum Gasteiger partial charge on any atom is 0.340 e. The number of Topliss-reactive ketones (excluding diaryl/α,β-unsaturated/α-hetero) is 1. The lowest BCUT2D eigenvalue weighted by molar-refractivity contribution is 0.0473. The molecule has 1 atom stereocenters. The van der Waals surface area contributed by atoms with E-state index in [1.165, 1.54) is 0 Å². The first kappa shape index (κ1) is 22.5. The summed E-state index contributed by atoms with van der Waals surface area (Å²) in [6.07, 6.45) is 0.527. The topological polar surface area (TPSA) is 95.3 Å². The second-order valence-corrected chi connectivity index (χ2v) is 10.8. The van der Waals surface area contributed by atoms with Crippen molar-refractivity contribution in [3.8, 4) is 0 Å². The summed E-state index contributed by atoms with van der Waals surface area (Å²) in [4.78, 5) is 29.9. The number of carbonyl (C=O) groups excluding carboxylic acids is 2. The van der Waals surface area contributed by atoms with Gasteiger partial charge in [-0.25, -0.2) is 13.2 Å². The number of sulfone groups is 1. The summed E-state index contributed by atoms with van der Waals surface area (Å²) in [6, 6.07) is 8.41. The van der Waals surface area contributed by atoms with Crippen LogP contribution in [0.25, 0.3) is 10.9 Å². The van der Waals surface area contributed by atoms with Crippen molar-refractivity contribution in [2.24, 2.45) is 0 Å². The number of ketones is 1. The number of rotatable bonds is 5. The van der Waals surface area contributed by atoms with E-state index in [0.717, 1.165) is 5.69 Å². The Hall–Kier alpha value is -2.71. The lowest BCUT2D eigenvalue weighted by Gasteiger charge is -2.16. The molecule has 4 rings (SSSR count). The second-order valence-electron chi connectivity index (χ2n) is 8.17. The standard InChI is InChI=1S/C23H23ClN2O5S/c1-13-8-20(15(3)26(13)18-6-7-32(29,30)12-18)22(27)11-31-23(28)19-10-16-9-17(24)4-5-21(16)25-14(19)2/h4-5,8-10,18H,6-7,11-12H2,1-3H3. The number of benzene rings is 1. The number of pyridine rings is 1. The molecule has 168 valence electrons. The molecular formula is C23H23ClN2O5S. The Labute approximate surface area is 191 Å². The maximum atomic E-state index is 12.8. The number of hydrogen-bond acceptors (Lipinski definition) is 6. The third-order valence-electron chi connectivity index (χ3n) is 5.88. The molecule has 7 nitrogen and oxygen atoms in total. The summed E-state index contributed by atoms with van der Waals surface area (Å²) in [5.41, 5.74) is 3.40. The van der Waals surface area contributed by atoms with Gasteiger partial charge in [0.25, 0.3) is 0 Å². The summed E-state index contributed by atoms with van der Waals surface area (Å²) in [6.45, 7) is 4.92. The average Bonchev–Trinajstić information content (AvgIpc) is 3.23. The fraction of sp³-hybridized carbons (Fsp3) is 0.348. The van der Waals surface area contributed by atoms with E-state index in [4.69, 9.17) is 16.3 Å². The van der Waals surface area contributed by atoms with Crippen molar-refractivity contribution in [1.29, 1.82) is 0 Å². The van der Waals surface area contributed by atoms with Crippen molar-refractivity contribution in [2.45, 2.75) is 33.2 Å². The van der Waals surface area contributed by atoms with Crippen LogP contribution in [0.2, 0.25) is 5.02 Å². The molecule has 32 heavy (non-hydrogen) atoms. The van der Waals surface area contributed by atoms with Gasteiger partial charge >= 0.3 is 5.97 Å². The molecule has 1 aromatic carbocycles. The first-order valence-electron chi connectivity index (χ1n) is 10.2. The molecule has 0 radical (unpaired) electrons. The first-order chi connectivity index (χ1) is 15.1. The Morgan fingerprint density at radius 1 is 1.16 bits per heavy atom. The number of halogens is 1. The Morgan fingerprint density at radius 2 is 1.91 bits per heavy atom. The van der Waals surface area contributed by atoms with Crippen LogP contribution in [0.1, 0.15) is 50.3 Å². The Kier molecular flexibility index (Phi) is 5.85. The van der Waals surface area contributed by atoms with Gasteiger partial charge < -0.3 is 9.30 Å². The van der Waals surface area contributed by atoms with Crippen molar-refractivity contribution < 1.29 is 22.7 Å². The zero-order valence-electron chi connectivity index (χ0n) is 18.0. The smallest absolute Gasteiger partial charge is 0.340 e. The van der Waals surface area contributed by atoms with Gasteiger partial charge in [-0.1, -0.05) is 11.6 Å². The van der Waals surface area contributed by atoms with Crippen molar-refractivity contribution in [3.63, 3.8) is 0 Å². The van der Waals surface area contributed by atoms with Gasteiger partial charge in [0.05, 0.1) is 28.3 Å². The molecule has 0 saturated carbocycles. The third kappa shape index (κ3) is 4.29. The van der Waals surface area contributed by atoms with Crippen molar-refractivity contribution >= 4 is 44.1 Å². The number of nitrogens with zero attached hydrogens (tertiary/aromatic N) is 2. The van der Waals surface area contributed by atoms with Gasteiger partial charge in [0.2, 0.25) is 5.78 Å². The van der Waals surface area contributed by atoms with E-state index < -0.39 is 22.4 Å². The molecule has 1 fully saturated rings. The average molecular weight is 475 g/mol. The minimum atomic E-state index is -3.05. The maximum absolute atomic E-state index is 12.8. The minimum absolute atomic E-state index is 0.0736. The van der Waals surface area contributed by atoms with Gasteiger partial charge in [-0.3, -0.25) is 9.78 Å². The summed E-state index contributed by atoms with van der Waals surface area (Å²) >= 11 is 6.03. The summed E-state index contributed by atoms with van der Waals surface area (Å²) in [7, 11) is -3.05.